The third kappa shape index (κ3) is 4.56. The molecule has 1 fully saturated rings. The average Bonchev–Trinajstić information content (AvgIpc) is 2.62. The van der Waals surface area contributed by atoms with Gasteiger partial charge in [0.15, 0.2) is 0 Å². The predicted octanol–water partition coefficient (Wildman–Crippen LogP) is 4.77. The van der Waals surface area contributed by atoms with Crippen LogP contribution >= 0.6 is 0 Å². The zero-order chi connectivity index (χ0) is 19.6. The molecule has 0 radical (unpaired) electrons. The topological polar surface area (TPSA) is 23.6 Å². The molecule has 1 amide bonds. The van der Waals surface area contributed by atoms with Gasteiger partial charge in [-0.05, 0) is 68.0 Å². The van der Waals surface area contributed by atoms with Crippen LogP contribution in [-0.4, -0.2) is 29.9 Å². The molecule has 0 N–H and O–H groups in total. The molecule has 1 aliphatic heterocycles. The minimum absolute atomic E-state index is 0.0223. The standard InChI is InChI=1S/C23H29FN2O/c1-16-5-7-20(13-18(16)3)15-25-11-9-21(10-12-25)26(19(4)27)22-8-6-17(2)23(24)14-22/h5-8,13-14,21H,9-12,15H2,1-4H3. The number of hydrogen-bond acceptors (Lipinski definition) is 2. The minimum atomic E-state index is -0.258. The van der Waals surface area contributed by atoms with Crippen LogP contribution in [0, 0.1) is 26.6 Å². The number of carbonyl (C=O) groups excluding carboxylic acids is 1. The van der Waals surface area contributed by atoms with Crippen molar-refractivity contribution in [2.24, 2.45) is 0 Å². The summed E-state index contributed by atoms with van der Waals surface area (Å²) in [5.41, 5.74) is 5.25. The van der Waals surface area contributed by atoms with E-state index in [2.05, 4.69) is 36.9 Å². The van der Waals surface area contributed by atoms with Gasteiger partial charge in [0.2, 0.25) is 5.91 Å². The first-order valence-corrected chi connectivity index (χ1v) is 9.69. The SMILES string of the molecule is CC(=O)N(c1ccc(C)c(F)c1)C1CCN(Cc2ccc(C)c(C)c2)CC1. The molecule has 3 nitrogen and oxygen atoms in total. The molecule has 3 rings (SSSR count). The van der Waals surface area contributed by atoms with E-state index in [4.69, 9.17) is 0 Å². The lowest BCUT2D eigenvalue weighted by atomic mass is 10.0. The van der Waals surface area contributed by atoms with E-state index < -0.39 is 0 Å². The van der Waals surface area contributed by atoms with Crippen molar-refractivity contribution in [1.82, 2.24) is 4.90 Å². The average molecular weight is 368 g/mol. The van der Waals surface area contributed by atoms with Crippen LogP contribution in [0.4, 0.5) is 10.1 Å². The second kappa shape index (κ2) is 8.22. The summed E-state index contributed by atoms with van der Waals surface area (Å²) in [7, 11) is 0. The van der Waals surface area contributed by atoms with E-state index in [1.165, 1.54) is 22.8 Å². The number of hydrogen-bond donors (Lipinski definition) is 0. The van der Waals surface area contributed by atoms with Crippen molar-refractivity contribution in [2.45, 2.75) is 53.1 Å². The first-order chi connectivity index (χ1) is 12.8. The fourth-order valence-electron chi connectivity index (χ4n) is 3.88. The Bertz CT molecular complexity index is 825. The van der Waals surface area contributed by atoms with Gasteiger partial charge in [0.25, 0.3) is 0 Å². The summed E-state index contributed by atoms with van der Waals surface area (Å²) in [4.78, 5) is 16.5. The number of nitrogens with zero attached hydrogens (tertiary/aromatic N) is 2. The molecule has 27 heavy (non-hydrogen) atoms. The molecular formula is C23H29FN2O. The van der Waals surface area contributed by atoms with Gasteiger partial charge >= 0.3 is 0 Å². The third-order valence-electron chi connectivity index (χ3n) is 5.67. The number of rotatable bonds is 4. The van der Waals surface area contributed by atoms with Gasteiger partial charge in [-0.25, -0.2) is 4.39 Å². The number of halogens is 1. The Balaban J connectivity index is 1.66. The molecule has 4 heteroatoms. The van der Waals surface area contributed by atoms with E-state index >= 15 is 0 Å². The lowest BCUT2D eigenvalue weighted by molar-refractivity contribution is -0.117. The predicted molar refractivity (Wildman–Crippen MR) is 109 cm³/mol. The molecule has 0 bridgehead atoms. The lowest BCUT2D eigenvalue weighted by Gasteiger charge is -2.38. The number of likely N-dealkylation sites (tertiary alicyclic amines) is 1. The second-order valence-electron chi connectivity index (χ2n) is 7.75. The van der Waals surface area contributed by atoms with Crippen molar-refractivity contribution in [1.29, 1.82) is 0 Å². The third-order valence-corrected chi connectivity index (χ3v) is 5.67. The highest BCUT2D eigenvalue weighted by Gasteiger charge is 2.27. The van der Waals surface area contributed by atoms with Crippen LogP contribution in [-0.2, 0) is 11.3 Å². The molecule has 0 aromatic heterocycles. The summed E-state index contributed by atoms with van der Waals surface area (Å²) in [6.07, 6.45) is 1.81. The van der Waals surface area contributed by atoms with Crippen LogP contribution < -0.4 is 4.90 Å². The minimum Gasteiger partial charge on any atom is -0.309 e. The maximum atomic E-state index is 14.0. The van der Waals surface area contributed by atoms with Crippen LogP contribution in [0.15, 0.2) is 36.4 Å². The zero-order valence-corrected chi connectivity index (χ0v) is 16.8. The highest BCUT2D eigenvalue weighted by Crippen LogP contribution is 2.26. The van der Waals surface area contributed by atoms with Crippen molar-refractivity contribution >= 4 is 11.6 Å². The van der Waals surface area contributed by atoms with Crippen LogP contribution in [0.3, 0.4) is 0 Å². The summed E-state index contributed by atoms with van der Waals surface area (Å²) in [5.74, 6) is -0.281. The highest BCUT2D eigenvalue weighted by molar-refractivity contribution is 5.92. The molecule has 0 atom stereocenters. The van der Waals surface area contributed by atoms with Crippen molar-refractivity contribution in [2.75, 3.05) is 18.0 Å². The molecule has 2 aromatic rings. The van der Waals surface area contributed by atoms with E-state index in [9.17, 15) is 9.18 Å². The fraction of sp³-hybridized carbons (Fsp3) is 0.435. The van der Waals surface area contributed by atoms with Crippen LogP contribution in [0.1, 0.15) is 42.0 Å². The normalized spacial score (nSPS) is 15.7. The van der Waals surface area contributed by atoms with Crippen LogP contribution in [0.5, 0.6) is 0 Å². The summed E-state index contributed by atoms with van der Waals surface area (Å²) in [6.45, 7) is 10.4. The molecular weight excluding hydrogens is 339 g/mol. The molecule has 1 heterocycles. The van der Waals surface area contributed by atoms with Gasteiger partial charge in [0.05, 0.1) is 0 Å². The van der Waals surface area contributed by atoms with Gasteiger partial charge in [0.1, 0.15) is 5.82 Å². The Morgan fingerprint density at radius 1 is 1.04 bits per heavy atom. The van der Waals surface area contributed by atoms with Crippen molar-refractivity contribution in [3.05, 3.63) is 64.5 Å². The number of carbonyl (C=O) groups is 1. The van der Waals surface area contributed by atoms with Crippen molar-refractivity contribution in [3.8, 4) is 0 Å². The molecule has 0 saturated carbocycles. The number of amides is 1. The number of aryl methyl sites for hydroxylation is 3. The Morgan fingerprint density at radius 3 is 2.30 bits per heavy atom. The smallest absolute Gasteiger partial charge is 0.224 e. The Labute approximate surface area is 161 Å². The van der Waals surface area contributed by atoms with E-state index in [1.807, 2.05) is 6.07 Å². The molecule has 0 spiro atoms. The summed E-state index contributed by atoms with van der Waals surface area (Å²) >= 11 is 0. The maximum absolute atomic E-state index is 14.0. The zero-order valence-electron chi connectivity index (χ0n) is 16.8. The summed E-state index contributed by atoms with van der Waals surface area (Å²) < 4.78 is 14.0. The number of piperidine rings is 1. The van der Waals surface area contributed by atoms with Gasteiger partial charge < -0.3 is 4.90 Å². The lowest BCUT2D eigenvalue weighted by Crippen LogP contribution is -2.46. The quantitative estimate of drug-likeness (QED) is 0.776. The highest BCUT2D eigenvalue weighted by atomic mass is 19.1. The molecule has 1 saturated heterocycles. The van der Waals surface area contributed by atoms with Gasteiger partial charge in [-0.3, -0.25) is 9.69 Å². The van der Waals surface area contributed by atoms with E-state index in [0.29, 0.717) is 11.3 Å². The molecule has 0 unspecified atom stereocenters. The van der Waals surface area contributed by atoms with E-state index in [1.54, 1.807) is 24.8 Å². The molecule has 0 aliphatic carbocycles. The first kappa shape index (κ1) is 19.6. The number of benzene rings is 2. The van der Waals surface area contributed by atoms with Gasteiger partial charge in [0, 0.05) is 38.3 Å². The van der Waals surface area contributed by atoms with Gasteiger partial charge in [-0.2, -0.15) is 0 Å². The molecule has 2 aromatic carbocycles. The fourth-order valence-corrected chi connectivity index (χ4v) is 3.88. The Morgan fingerprint density at radius 2 is 1.70 bits per heavy atom. The van der Waals surface area contributed by atoms with Crippen LogP contribution in [0.2, 0.25) is 0 Å². The first-order valence-electron chi connectivity index (χ1n) is 9.69. The second-order valence-corrected chi connectivity index (χ2v) is 7.75. The Hall–Kier alpha value is -2.20. The largest absolute Gasteiger partial charge is 0.309 e. The summed E-state index contributed by atoms with van der Waals surface area (Å²) in [5, 5.41) is 0. The van der Waals surface area contributed by atoms with Gasteiger partial charge in [-0.15, -0.1) is 0 Å². The van der Waals surface area contributed by atoms with Crippen molar-refractivity contribution < 1.29 is 9.18 Å². The molecule has 144 valence electrons. The monoisotopic (exact) mass is 368 g/mol. The summed E-state index contributed by atoms with van der Waals surface area (Å²) in [6, 6.07) is 11.8. The Kier molecular flexibility index (Phi) is 5.95. The van der Waals surface area contributed by atoms with Crippen LogP contribution in [0.25, 0.3) is 0 Å². The van der Waals surface area contributed by atoms with E-state index in [-0.39, 0.29) is 17.8 Å². The van der Waals surface area contributed by atoms with Gasteiger partial charge in [-0.1, -0.05) is 24.3 Å². The number of anilines is 1. The van der Waals surface area contributed by atoms with E-state index in [0.717, 1.165) is 32.5 Å². The molecule has 1 aliphatic rings. The maximum Gasteiger partial charge on any atom is 0.224 e. The van der Waals surface area contributed by atoms with Crippen molar-refractivity contribution in [3.63, 3.8) is 0 Å².